The van der Waals surface area contributed by atoms with Crippen LogP contribution in [0.25, 0.3) is 0 Å². The van der Waals surface area contributed by atoms with Gasteiger partial charge in [-0.2, -0.15) is 0 Å². The van der Waals surface area contributed by atoms with E-state index in [4.69, 9.17) is 10.5 Å². The third-order valence-corrected chi connectivity index (χ3v) is 3.73. The molecule has 3 nitrogen and oxygen atoms in total. The third-order valence-electron chi connectivity index (χ3n) is 3.73. The summed E-state index contributed by atoms with van der Waals surface area (Å²) >= 11 is 0. The maximum absolute atomic E-state index is 5.91. The number of anilines is 1. The van der Waals surface area contributed by atoms with Crippen LogP contribution in [0.15, 0.2) is 18.2 Å². The van der Waals surface area contributed by atoms with Gasteiger partial charge in [0.05, 0.1) is 6.61 Å². The summed E-state index contributed by atoms with van der Waals surface area (Å²) < 4.78 is 5.71. The van der Waals surface area contributed by atoms with E-state index in [0.717, 1.165) is 18.0 Å². The molecule has 3 heteroatoms. The first-order valence-corrected chi connectivity index (χ1v) is 7.53. The maximum atomic E-state index is 5.91. The van der Waals surface area contributed by atoms with E-state index in [1.165, 1.54) is 50.8 Å². The molecule has 1 aromatic rings. The van der Waals surface area contributed by atoms with Gasteiger partial charge in [0, 0.05) is 17.8 Å². The standard InChI is InChI=1S/C16H26N2O/c1-2-19-16-9-8-15(17)12-14(16)13-18-10-6-4-3-5-7-11-18/h8-9,12H,2-7,10-11,13,17H2,1H3. The zero-order valence-electron chi connectivity index (χ0n) is 12.0. The van der Waals surface area contributed by atoms with Crippen LogP contribution >= 0.6 is 0 Å². The number of nitrogens with zero attached hydrogens (tertiary/aromatic N) is 1. The molecule has 106 valence electrons. The van der Waals surface area contributed by atoms with E-state index in [-0.39, 0.29) is 0 Å². The van der Waals surface area contributed by atoms with Crippen molar-refractivity contribution in [3.63, 3.8) is 0 Å². The largest absolute Gasteiger partial charge is 0.494 e. The first-order valence-electron chi connectivity index (χ1n) is 7.53. The van der Waals surface area contributed by atoms with Crippen molar-refractivity contribution >= 4 is 5.69 Å². The Labute approximate surface area is 116 Å². The average molecular weight is 262 g/mol. The minimum atomic E-state index is 0.705. The van der Waals surface area contributed by atoms with Crippen LogP contribution in [0.1, 0.15) is 44.6 Å². The summed E-state index contributed by atoms with van der Waals surface area (Å²) in [4.78, 5) is 2.54. The van der Waals surface area contributed by atoms with Crippen molar-refractivity contribution in [2.24, 2.45) is 0 Å². The van der Waals surface area contributed by atoms with Crippen molar-refractivity contribution in [2.75, 3.05) is 25.4 Å². The summed E-state index contributed by atoms with van der Waals surface area (Å²) in [6, 6.07) is 5.98. The number of nitrogens with two attached hydrogens (primary N) is 1. The summed E-state index contributed by atoms with van der Waals surface area (Å²) in [6.07, 6.45) is 6.76. The quantitative estimate of drug-likeness (QED) is 0.845. The second kappa shape index (κ2) is 7.39. The molecule has 0 amide bonds. The van der Waals surface area contributed by atoms with E-state index in [1.54, 1.807) is 0 Å². The number of ether oxygens (including phenoxy) is 1. The second-order valence-corrected chi connectivity index (χ2v) is 5.34. The molecule has 0 atom stereocenters. The van der Waals surface area contributed by atoms with Crippen LogP contribution in [-0.4, -0.2) is 24.6 Å². The molecule has 0 bridgehead atoms. The highest BCUT2D eigenvalue weighted by molar-refractivity contribution is 5.47. The first kappa shape index (κ1) is 14.2. The lowest BCUT2D eigenvalue weighted by atomic mass is 10.1. The van der Waals surface area contributed by atoms with Gasteiger partial charge >= 0.3 is 0 Å². The van der Waals surface area contributed by atoms with Gasteiger partial charge in [0.2, 0.25) is 0 Å². The average Bonchev–Trinajstić information content (AvgIpc) is 2.36. The molecule has 2 rings (SSSR count). The fraction of sp³-hybridized carbons (Fsp3) is 0.625. The molecule has 1 aliphatic rings. The summed E-state index contributed by atoms with van der Waals surface area (Å²) in [7, 11) is 0. The Morgan fingerprint density at radius 1 is 1.11 bits per heavy atom. The third kappa shape index (κ3) is 4.43. The van der Waals surface area contributed by atoms with E-state index < -0.39 is 0 Å². The molecule has 0 saturated carbocycles. The molecule has 1 aliphatic heterocycles. The van der Waals surface area contributed by atoms with Crippen molar-refractivity contribution in [2.45, 2.75) is 45.6 Å². The van der Waals surface area contributed by atoms with Gasteiger partial charge in [-0.3, -0.25) is 4.90 Å². The van der Waals surface area contributed by atoms with E-state index in [0.29, 0.717) is 6.61 Å². The topological polar surface area (TPSA) is 38.5 Å². The van der Waals surface area contributed by atoms with Crippen LogP contribution in [0.4, 0.5) is 5.69 Å². The number of nitrogen functional groups attached to an aromatic ring is 1. The number of hydrogen-bond acceptors (Lipinski definition) is 3. The van der Waals surface area contributed by atoms with Crippen LogP contribution < -0.4 is 10.5 Å². The Morgan fingerprint density at radius 2 is 1.79 bits per heavy atom. The highest BCUT2D eigenvalue weighted by Crippen LogP contribution is 2.24. The zero-order chi connectivity index (χ0) is 13.5. The lowest BCUT2D eigenvalue weighted by Gasteiger charge is -2.25. The summed E-state index contributed by atoms with van der Waals surface area (Å²) in [5, 5.41) is 0. The van der Waals surface area contributed by atoms with Crippen molar-refractivity contribution < 1.29 is 4.74 Å². The lowest BCUT2D eigenvalue weighted by molar-refractivity contribution is 0.234. The number of rotatable bonds is 4. The van der Waals surface area contributed by atoms with Gasteiger partial charge in [-0.15, -0.1) is 0 Å². The van der Waals surface area contributed by atoms with Crippen LogP contribution in [0.3, 0.4) is 0 Å². The number of hydrogen-bond donors (Lipinski definition) is 1. The summed E-state index contributed by atoms with van der Waals surface area (Å²) in [6.45, 7) is 6.08. The SMILES string of the molecule is CCOc1ccc(N)cc1CN1CCCCCCC1. The normalized spacial score (nSPS) is 17.7. The smallest absolute Gasteiger partial charge is 0.123 e. The number of benzene rings is 1. The zero-order valence-corrected chi connectivity index (χ0v) is 12.0. The Kier molecular flexibility index (Phi) is 5.52. The molecular weight excluding hydrogens is 236 g/mol. The van der Waals surface area contributed by atoms with Crippen molar-refractivity contribution in [1.29, 1.82) is 0 Å². The predicted molar refractivity (Wildman–Crippen MR) is 80.4 cm³/mol. The molecule has 2 N–H and O–H groups in total. The van der Waals surface area contributed by atoms with E-state index >= 15 is 0 Å². The molecule has 19 heavy (non-hydrogen) atoms. The van der Waals surface area contributed by atoms with E-state index in [2.05, 4.69) is 11.0 Å². The molecule has 0 radical (unpaired) electrons. The van der Waals surface area contributed by atoms with Crippen LogP contribution in [-0.2, 0) is 6.54 Å². The lowest BCUT2D eigenvalue weighted by Crippen LogP contribution is -2.27. The Bertz CT molecular complexity index is 384. The molecule has 0 aromatic heterocycles. The van der Waals surface area contributed by atoms with Crippen molar-refractivity contribution in [3.8, 4) is 5.75 Å². The van der Waals surface area contributed by atoms with Crippen LogP contribution in [0, 0.1) is 0 Å². The Balaban J connectivity index is 2.04. The predicted octanol–water partition coefficient (Wildman–Crippen LogP) is 3.43. The fourth-order valence-corrected chi connectivity index (χ4v) is 2.73. The summed E-state index contributed by atoms with van der Waals surface area (Å²) in [5.74, 6) is 0.985. The fourth-order valence-electron chi connectivity index (χ4n) is 2.73. The number of likely N-dealkylation sites (tertiary alicyclic amines) is 1. The van der Waals surface area contributed by atoms with Gasteiger partial charge in [0.1, 0.15) is 5.75 Å². The highest BCUT2D eigenvalue weighted by Gasteiger charge is 2.12. The highest BCUT2D eigenvalue weighted by atomic mass is 16.5. The monoisotopic (exact) mass is 262 g/mol. The molecule has 0 aliphatic carbocycles. The van der Waals surface area contributed by atoms with Gasteiger partial charge in [0.15, 0.2) is 0 Å². The van der Waals surface area contributed by atoms with Crippen LogP contribution in [0.5, 0.6) is 5.75 Å². The van der Waals surface area contributed by atoms with E-state index in [1.807, 2.05) is 19.1 Å². The van der Waals surface area contributed by atoms with Gasteiger partial charge < -0.3 is 10.5 Å². The van der Waals surface area contributed by atoms with Gasteiger partial charge in [-0.25, -0.2) is 0 Å². The van der Waals surface area contributed by atoms with Crippen LogP contribution in [0.2, 0.25) is 0 Å². The molecule has 1 heterocycles. The molecule has 1 fully saturated rings. The van der Waals surface area contributed by atoms with Gasteiger partial charge in [-0.1, -0.05) is 19.3 Å². The molecule has 0 spiro atoms. The Morgan fingerprint density at radius 3 is 2.47 bits per heavy atom. The van der Waals surface area contributed by atoms with Crippen molar-refractivity contribution in [1.82, 2.24) is 4.90 Å². The maximum Gasteiger partial charge on any atom is 0.123 e. The van der Waals surface area contributed by atoms with E-state index in [9.17, 15) is 0 Å². The minimum absolute atomic E-state index is 0.705. The molecular formula is C16H26N2O. The van der Waals surface area contributed by atoms with Gasteiger partial charge in [0.25, 0.3) is 0 Å². The Hall–Kier alpha value is -1.22. The molecule has 1 aromatic carbocycles. The van der Waals surface area contributed by atoms with Gasteiger partial charge in [-0.05, 0) is 51.1 Å². The first-order chi connectivity index (χ1) is 9.29. The molecule has 0 unspecified atom stereocenters. The minimum Gasteiger partial charge on any atom is -0.494 e. The summed E-state index contributed by atoms with van der Waals surface area (Å²) in [5.41, 5.74) is 7.96. The molecule has 1 saturated heterocycles. The van der Waals surface area contributed by atoms with Crippen molar-refractivity contribution in [3.05, 3.63) is 23.8 Å². The second-order valence-electron chi connectivity index (χ2n) is 5.34.